The zero-order chi connectivity index (χ0) is 17.4. The van der Waals surface area contributed by atoms with Crippen LogP contribution in [0, 0.1) is 0 Å². The number of likely N-dealkylation sites (tertiary alicyclic amines) is 2. The van der Waals surface area contributed by atoms with Crippen LogP contribution in [-0.2, 0) is 4.79 Å². The molecule has 2 amide bonds. The predicted molar refractivity (Wildman–Crippen MR) is 98.8 cm³/mol. The first-order valence-corrected chi connectivity index (χ1v) is 9.69. The fraction of sp³-hybridized carbons (Fsp3) is 0.400. The van der Waals surface area contributed by atoms with Gasteiger partial charge in [0.25, 0.3) is 5.91 Å². The van der Waals surface area contributed by atoms with Crippen molar-refractivity contribution >= 4 is 23.2 Å². The van der Waals surface area contributed by atoms with Crippen molar-refractivity contribution < 1.29 is 9.59 Å². The molecule has 25 heavy (non-hydrogen) atoms. The van der Waals surface area contributed by atoms with Crippen LogP contribution < -0.4 is 0 Å². The number of benzene rings is 1. The van der Waals surface area contributed by atoms with Gasteiger partial charge >= 0.3 is 0 Å². The Morgan fingerprint density at radius 3 is 2.52 bits per heavy atom. The molecular weight excluding hydrogens is 332 g/mol. The molecular formula is C20H22N2O2S. The van der Waals surface area contributed by atoms with Gasteiger partial charge in [-0.25, -0.2) is 0 Å². The highest BCUT2D eigenvalue weighted by molar-refractivity contribution is 7.08. The Labute approximate surface area is 152 Å². The molecule has 2 aliphatic heterocycles. The van der Waals surface area contributed by atoms with Crippen LogP contribution in [-0.4, -0.2) is 47.3 Å². The van der Waals surface area contributed by atoms with Gasteiger partial charge in [-0.2, -0.15) is 11.3 Å². The van der Waals surface area contributed by atoms with E-state index in [0.717, 1.165) is 18.4 Å². The number of carbonyl (C=O) groups is 2. The van der Waals surface area contributed by atoms with E-state index in [1.807, 2.05) is 51.9 Å². The summed E-state index contributed by atoms with van der Waals surface area (Å²) < 4.78 is 0. The highest BCUT2D eigenvalue weighted by Crippen LogP contribution is 2.48. The van der Waals surface area contributed by atoms with Crippen LogP contribution in [0.4, 0.5) is 0 Å². The van der Waals surface area contributed by atoms with Crippen molar-refractivity contribution in [2.24, 2.45) is 0 Å². The fourth-order valence-corrected chi connectivity index (χ4v) is 5.08. The monoisotopic (exact) mass is 354 g/mol. The summed E-state index contributed by atoms with van der Waals surface area (Å²) >= 11 is 1.55. The molecule has 1 spiro atoms. The number of thiophene rings is 1. The summed E-state index contributed by atoms with van der Waals surface area (Å²) in [6, 6.07) is 12.2. The molecule has 2 fully saturated rings. The van der Waals surface area contributed by atoms with Gasteiger partial charge in [0.05, 0.1) is 11.1 Å². The van der Waals surface area contributed by atoms with E-state index < -0.39 is 0 Å². The van der Waals surface area contributed by atoms with E-state index in [0.29, 0.717) is 19.5 Å². The standard InChI is InChI=1S/C20H22N2O2S/c1-21-18(23)13-17(15-5-3-2-4-6-15)20(21)8-10-22(11-9-20)19(24)16-7-12-25-14-16/h2-7,12,14,17H,8-11,13H2,1H3/t17-/m1/s1. The molecule has 1 aromatic heterocycles. The minimum absolute atomic E-state index is 0.110. The Morgan fingerprint density at radius 2 is 1.88 bits per heavy atom. The molecule has 2 saturated heterocycles. The van der Waals surface area contributed by atoms with E-state index >= 15 is 0 Å². The maximum absolute atomic E-state index is 12.6. The highest BCUT2D eigenvalue weighted by Gasteiger charge is 2.52. The maximum Gasteiger partial charge on any atom is 0.254 e. The summed E-state index contributed by atoms with van der Waals surface area (Å²) in [5, 5.41) is 3.85. The second-order valence-corrected chi connectivity index (χ2v) is 7.81. The molecule has 3 heterocycles. The first kappa shape index (κ1) is 16.3. The number of hydrogen-bond acceptors (Lipinski definition) is 3. The molecule has 4 rings (SSSR count). The molecule has 1 aromatic carbocycles. The zero-order valence-electron chi connectivity index (χ0n) is 14.4. The normalized spacial score (nSPS) is 22.6. The molecule has 4 nitrogen and oxygen atoms in total. The average molecular weight is 354 g/mol. The molecule has 1 atom stereocenters. The molecule has 0 aliphatic carbocycles. The number of piperidine rings is 1. The van der Waals surface area contributed by atoms with Crippen molar-refractivity contribution in [3.63, 3.8) is 0 Å². The van der Waals surface area contributed by atoms with E-state index in [-0.39, 0.29) is 23.3 Å². The van der Waals surface area contributed by atoms with Gasteiger partial charge in [-0.05, 0) is 29.9 Å². The number of hydrogen-bond donors (Lipinski definition) is 0. The van der Waals surface area contributed by atoms with Gasteiger partial charge in [-0.3, -0.25) is 9.59 Å². The molecule has 0 bridgehead atoms. The zero-order valence-corrected chi connectivity index (χ0v) is 15.2. The molecule has 0 N–H and O–H groups in total. The third-order valence-corrected chi connectivity index (χ3v) is 6.64. The van der Waals surface area contributed by atoms with Crippen LogP contribution in [0.1, 0.15) is 41.1 Å². The lowest BCUT2D eigenvalue weighted by molar-refractivity contribution is -0.130. The largest absolute Gasteiger partial charge is 0.339 e. The van der Waals surface area contributed by atoms with E-state index in [4.69, 9.17) is 0 Å². The highest BCUT2D eigenvalue weighted by atomic mass is 32.1. The van der Waals surface area contributed by atoms with E-state index in [2.05, 4.69) is 12.1 Å². The Bertz CT molecular complexity index is 764. The Kier molecular flexibility index (Phi) is 4.12. The third kappa shape index (κ3) is 2.67. The molecule has 5 heteroatoms. The van der Waals surface area contributed by atoms with Crippen LogP contribution >= 0.6 is 11.3 Å². The van der Waals surface area contributed by atoms with Crippen molar-refractivity contribution in [3.05, 3.63) is 58.3 Å². The quantitative estimate of drug-likeness (QED) is 0.830. The van der Waals surface area contributed by atoms with Crippen molar-refractivity contribution in [1.82, 2.24) is 9.80 Å². The van der Waals surface area contributed by atoms with Gasteiger partial charge in [0, 0.05) is 37.9 Å². The summed E-state index contributed by atoms with van der Waals surface area (Å²) in [5.74, 6) is 0.537. The Hall–Kier alpha value is -2.14. The van der Waals surface area contributed by atoms with Crippen LogP contribution in [0.3, 0.4) is 0 Å². The molecule has 2 aromatic rings. The van der Waals surface area contributed by atoms with Crippen molar-refractivity contribution in [2.45, 2.75) is 30.7 Å². The van der Waals surface area contributed by atoms with Gasteiger partial charge in [0.15, 0.2) is 0 Å². The molecule has 2 aliphatic rings. The van der Waals surface area contributed by atoms with Crippen LogP contribution in [0.25, 0.3) is 0 Å². The van der Waals surface area contributed by atoms with Crippen LogP contribution in [0.5, 0.6) is 0 Å². The lowest BCUT2D eigenvalue weighted by Crippen LogP contribution is -2.55. The predicted octanol–water partition coefficient (Wildman–Crippen LogP) is 3.37. The smallest absolute Gasteiger partial charge is 0.254 e. The van der Waals surface area contributed by atoms with Gasteiger partial charge < -0.3 is 9.80 Å². The van der Waals surface area contributed by atoms with Gasteiger partial charge in [-0.1, -0.05) is 30.3 Å². The van der Waals surface area contributed by atoms with Gasteiger partial charge in [0.2, 0.25) is 5.91 Å². The molecule has 0 saturated carbocycles. The van der Waals surface area contributed by atoms with Crippen LogP contribution in [0.15, 0.2) is 47.2 Å². The van der Waals surface area contributed by atoms with E-state index in [1.54, 1.807) is 11.3 Å². The lowest BCUT2D eigenvalue weighted by Gasteiger charge is -2.46. The van der Waals surface area contributed by atoms with Crippen molar-refractivity contribution in [3.8, 4) is 0 Å². The first-order chi connectivity index (χ1) is 12.1. The molecule has 0 radical (unpaired) electrons. The van der Waals surface area contributed by atoms with Crippen LogP contribution in [0.2, 0.25) is 0 Å². The van der Waals surface area contributed by atoms with Crippen molar-refractivity contribution in [1.29, 1.82) is 0 Å². The fourth-order valence-electron chi connectivity index (χ4n) is 4.45. The topological polar surface area (TPSA) is 40.6 Å². The SMILES string of the molecule is CN1C(=O)C[C@H](c2ccccc2)C12CCN(C(=O)c1ccsc1)CC2. The van der Waals surface area contributed by atoms with E-state index in [1.165, 1.54) is 5.56 Å². The minimum Gasteiger partial charge on any atom is -0.339 e. The van der Waals surface area contributed by atoms with Crippen molar-refractivity contribution in [2.75, 3.05) is 20.1 Å². The summed E-state index contributed by atoms with van der Waals surface area (Å²) in [4.78, 5) is 29.0. The number of amides is 2. The number of nitrogens with zero attached hydrogens (tertiary/aromatic N) is 2. The lowest BCUT2D eigenvalue weighted by atomic mass is 9.73. The number of carbonyl (C=O) groups excluding carboxylic acids is 2. The van der Waals surface area contributed by atoms with Gasteiger partial charge in [-0.15, -0.1) is 0 Å². The molecule has 130 valence electrons. The third-order valence-electron chi connectivity index (χ3n) is 5.96. The summed E-state index contributed by atoms with van der Waals surface area (Å²) in [5.41, 5.74) is 1.85. The second kappa shape index (κ2) is 6.30. The Balaban J connectivity index is 1.57. The van der Waals surface area contributed by atoms with E-state index in [9.17, 15) is 9.59 Å². The summed E-state index contributed by atoms with van der Waals surface area (Å²) in [7, 11) is 1.93. The number of rotatable bonds is 2. The summed E-state index contributed by atoms with van der Waals surface area (Å²) in [6.45, 7) is 1.41. The molecule has 0 unspecified atom stereocenters. The second-order valence-electron chi connectivity index (χ2n) is 7.03. The first-order valence-electron chi connectivity index (χ1n) is 8.75. The van der Waals surface area contributed by atoms with Gasteiger partial charge in [0.1, 0.15) is 0 Å². The Morgan fingerprint density at radius 1 is 1.16 bits per heavy atom. The average Bonchev–Trinajstić information content (AvgIpc) is 3.27. The minimum atomic E-state index is -0.163. The number of likely N-dealkylation sites (N-methyl/N-ethyl adjacent to an activating group) is 1. The maximum atomic E-state index is 12.6. The summed E-state index contributed by atoms with van der Waals surface area (Å²) in [6.07, 6.45) is 2.24.